The molecule has 0 amide bonds. The Morgan fingerprint density at radius 3 is 2.36 bits per heavy atom. The average Bonchev–Trinajstić information content (AvgIpc) is 2.19. The van der Waals surface area contributed by atoms with Crippen molar-refractivity contribution in [1.29, 1.82) is 0 Å². The number of aliphatic hydroxyl groups excluding tert-OH is 4. The summed E-state index contributed by atoms with van der Waals surface area (Å²) >= 11 is 0. The molecule has 0 spiro atoms. The normalized spacial score (nSPS) is 44.1. The van der Waals surface area contributed by atoms with Crippen LogP contribution in [0.4, 0.5) is 0 Å². The molecule has 4 N–H and O–H groups in total. The minimum absolute atomic E-state index is 0.541. The summed E-state index contributed by atoms with van der Waals surface area (Å²) in [6.07, 6.45) is -6.81. The molecule has 2 unspecified atom stereocenters. The van der Waals surface area contributed by atoms with Gasteiger partial charge >= 0.3 is 8.69 Å². The smallest absolute Gasteiger partial charge is 0.330 e. The summed E-state index contributed by atoms with van der Waals surface area (Å²) in [6, 6.07) is 0. The first-order chi connectivity index (χ1) is 6.61. The maximum atomic E-state index is 10.1. The molecule has 1 rings (SSSR count). The molecule has 0 aliphatic carbocycles. The molecule has 1 aliphatic heterocycles. The zero-order valence-electron chi connectivity index (χ0n) is 7.05. The van der Waals surface area contributed by atoms with Crippen molar-refractivity contribution in [1.82, 2.24) is 0 Å². The Balaban J connectivity index is 2.67. The van der Waals surface area contributed by atoms with E-state index in [0.29, 0.717) is 0 Å². The van der Waals surface area contributed by atoms with Crippen LogP contribution in [0.3, 0.4) is 0 Å². The van der Waals surface area contributed by atoms with E-state index in [-0.39, 0.29) is 0 Å². The molecular weight excluding hydrogens is 215 g/mol. The fourth-order valence-corrected chi connectivity index (χ4v) is 1.46. The molecule has 14 heavy (non-hydrogen) atoms. The molecule has 82 valence electrons. The summed E-state index contributed by atoms with van der Waals surface area (Å²) in [6.45, 7) is -0.541. The maximum Gasteiger partial charge on any atom is 0.330 e. The summed E-state index contributed by atoms with van der Waals surface area (Å²) in [5.41, 5.74) is 0. The predicted octanol–water partition coefficient (Wildman–Crippen LogP) is -1.99. The highest BCUT2D eigenvalue weighted by Crippen LogP contribution is 2.23. The van der Waals surface area contributed by atoms with Crippen LogP contribution in [0.25, 0.3) is 0 Å². The first-order valence-corrected chi connectivity index (χ1v) is 4.63. The molecule has 5 atom stereocenters. The van der Waals surface area contributed by atoms with Gasteiger partial charge in [0.1, 0.15) is 24.4 Å². The lowest BCUT2D eigenvalue weighted by atomic mass is 10.00. The standard InChI is InChI=1S/C6H11O7P/c7-1-2-3(8)4(9)5(10)6(12-2)13-14-11/h2-10H,1H2/t2?,3-,4-,5+,6?/m0/s1. The van der Waals surface area contributed by atoms with Crippen molar-refractivity contribution in [2.24, 2.45) is 0 Å². The van der Waals surface area contributed by atoms with E-state index in [1.54, 1.807) is 0 Å². The largest absolute Gasteiger partial charge is 0.394 e. The topological polar surface area (TPSA) is 116 Å². The molecule has 0 aromatic carbocycles. The zero-order valence-corrected chi connectivity index (χ0v) is 7.95. The quantitative estimate of drug-likeness (QED) is 0.411. The fraction of sp³-hybridized carbons (Fsp3) is 1.00. The molecule has 1 saturated heterocycles. The van der Waals surface area contributed by atoms with Gasteiger partial charge in [0, 0.05) is 0 Å². The van der Waals surface area contributed by atoms with Gasteiger partial charge in [-0.15, -0.1) is 0 Å². The summed E-state index contributed by atoms with van der Waals surface area (Å²) < 4.78 is 19.3. The molecular formula is C6H11O7P. The van der Waals surface area contributed by atoms with Crippen molar-refractivity contribution in [3.8, 4) is 0 Å². The van der Waals surface area contributed by atoms with Crippen LogP contribution in [-0.4, -0.2) is 57.7 Å². The van der Waals surface area contributed by atoms with Gasteiger partial charge in [-0.25, -0.2) is 4.57 Å². The summed E-state index contributed by atoms with van der Waals surface area (Å²) in [5, 5.41) is 36.5. The van der Waals surface area contributed by atoms with Crippen LogP contribution >= 0.6 is 8.69 Å². The van der Waals surface area contributed by atoms with E-state index < -0.39 is 46.0 Å². The highest BCUT2D eigenvalue weighted by molar-refractivity contribution is 7.17. The molecule has 1 fully saturated rings. The monoisotopic (exact) mass is 226 g/mol. The van der Waals surface area contributed by atoms with Gasteiger partial charge in [-0.3, -0.25) is 4.52 Å². The number of rotatable bonds is 3. The van der Waals surface area contributed by atoms with E-state index in [2.05, 4.69) is 4.52 Å². The van der Waals surface area contributed by atoms with Gasteiger partial charge in [-0.1, -0.05) is 0 Å². The third-order valence-electron chi connectivity index (χ3n) is 2.00. The molecule has 8 heteroatoms. The Hall–Kier alpha value is -0.140. The van der Waals surface area contributed by atoms with Gasteiger partial charge in [0.05, 0.1) is 6.61 Å². The Bertz CT molecular complexity index is 199. The number of ether oxygens (including phenoxy) is 1. The van der Waals surface area contributed by atoms with Crippen molar-refractivity contribution in [2.75, 3.05) is 6.61 Å². The summed E-state index contributed by atoms with van der Waals surface area (Å²) in [7, 11) is -0.722. The number of hydrogen-bond donors (Lipinski definition) is 4. The molecule has 0 aromatic heterocycles. The second kappa shape index (κ2) is 5.09. The average molecular weight is 226 g/mol. The van der Waals surface area contributed by atoms with E-state index in [1.165, 1.54) is 0 Å². The second-order valence-electron chi connectivity index (χ2n) is 2.88. The van der Waals surface area contributed by atoms with E-state index in [0.717, 1.165) is 0 Å². The lowest BCUT2D eigenvalue weighted by molar-refractivity contribution is -0.275. The summed E-state index contributed by atoms with van der Waals surface area (Å²) in [4.78, 5) is 0. The van der Waals surface area contributed by atoms with Crippen LogP contribution in [-0.2, 0) is 13.8 Å². The molecule has 1 heterocycles. The van der Waals surface area contributed by atoms with Gasteiger partial charge in [-0.05, 0) is 0 Å². The maximum absolute atomic E-state index is 10.1. The van der Waals surface area contributed by atoms with Gasteiger partial charge in [0.15, 0.2) is 6.29 Å². The Morgan fingerprint density at radius 2 is 1.86 bits per heavy atom. The van der Waals surface area contributed by atoms with Crippen LogP contribution in [0.2, 0.25) is 0 Å². The molecule has 7 nitrogen and oxygen atoms in total. The van der Waals surface area contributed by atoms with E-state index in [1.807, 2.05) is 0 Å². The van der Waals surface area contributed by atoms with E-state index in [9.17, 15) is 19.9 Å². The Kier molecular flexibility index (Phi) is 4.33. The van der Waals surface area contributed by atoms with E-state index >= 15 is 0 Å². The van der Waals surface area contributed by atoms with Gasteiger partial charge in [0.2, 0.25) is 0 Å². The Morgan fingerprint density at radius 1 is 1.21 bits per heavy atom. The highest BCUT2D eigenvalue weighted by atomic mass is 31.1. The fourth-order valence-electron chi connectivity index (χ4n) is 1.20. The highest BCUT2D eigenvalue weighted by Gasteiger charge is 2.44. The first kappa shape index (κ1) is 11.9. The third-order valence-corrected chi connectivity index (χ3v) is 2.29. The molecule has 0 aromatic rings. The first-order valence-electron chi connectivity index (χ1n) is 3.90. The molecule has 0 saturated carbocycles. The van der Waals surface area contributed by atoms with Crippen LogP contribution < -0.4 is 0 Å². The Labute approximate surface area is 81.2 Å². The van der Waals surface area contributed by atoms with Crippen molar-refractivity contribution < 1.29 is 34.3 Å². The molecule has 1 aliphatic rings. The van der Waals surface area contributed by atoms with Gasteiger partial charge < -0.3 is 25.2 Å². The van der Waals surface area contributed by atoms with Crippen molar-refractivity contribution in [3.63, 3.8) is 0 Å². The van der Waals surface area contributed by atoms with Crippen molar-refractivity contribution >= 4 is 8.69 Å². The van der Waals surface area contributed by atoms with Gasteiger partial charge in [0.25, 0.3) is 0 Å². The predicted molar refractivity (Wildman–Crippen MR) is 42.5 cm³/mol. The molecule has 0 radical (unpaired) electrons. The lowest BCUT2D eigenvalue weighted by Gasteiger charge is -2.38. The second-order valence-corrected chi connectivity index (χ2v) is 3.24. The van der Waals surface area contributed by atoms with Crippen LogP contribution in [0, 0.1) is 0 Å². The SMILES string of the molecule is O=POC1OC(CO)[C@H](O)[C@H](O)[C@H]1O. The number of hydrogen-bond acceptors (Lipinski definition) is 7. The lowest BCUT2D eigenvalue weighted by Crippen LogP contribution is -2.58. The molecule has 0 bridgehead atoms. The van der Waals surface area contributed by atoms with Crippen molar-refractivity contribution in [3.05, 3.63) is 0 Å². The van der Waals surface area contributed by atoms with E-state index in [4.69, 9.17) is 9.84 Å². The zero-order chi connectivity index (χ0) is 10.7. The minimum Gasteiger partial charge on any atom is -0.394 e. The van der Waals surface area contributed by atoms with Gasteiger partial charge in [-0.2, -0.15) is 0 Å². The van der Waals surface area contributed by atoms with Crippen LogP contribution in [0.15, 0.2) is 0 Å². The third kappa shape index (κ3) is 2.26. The van der Waals surface area contributed by atoms with Crippen LogP contribution in [0.5, 0.6) is 0 Å². The van der Waals surface area contributed by atoms with Crippen molar-refractivity contribution in [2.45, 2.75) is 30.7 Å². The summed E-state index contributed by atoms with van der Waals surface area (Å²) in [5.74, 6) is 0. The minimum atomic E-state index is -1.51. The van der Waals surface area contributed by atoms with Crippen LogP contribution in [0.1, 0.15) is 0 Å². The number of aliphatic hydroxyl groups is 4.